The molecular formula is C17H25NO7. The van der Waals surface area contributed by atoms with Crippen LogP contribution in [0.2, 0.25) is 0 Å². The van der Waals surface area contributed by atoms with Gasteiger partial charge in [-0.1, -0.05) is 18.9 Å². The van der Waals surface area contributed by atoms with Crippen molar-refractivity contribution < 1.29 is 34.0 Å². The second-order valence-corrected chi connectivity index (χ2v) is 5.47. The number of carboxylic acid groups (broad SMARTS) is 2. The van der Waals surface area contributed by atoms with Gasteiger partial charge in [0.05, 0.1) is 21.3 Å². The molecule has 0 atom stereocenters. The van der Waals surface area contributed by atoms with E-state index in [1.165, 1.54) is 25.7 Å². The van der Waals surface area contributed by atoms with Crippen molar-refractivity contribution in [1.82, 2.24) is 5.32 Å². The third kappa shape index (κ3) is 6.15. The lowest BCUT2D eigenvalue weighted by Crippen LogP contribution is -2.25. The monoisotopic (exact) mass is 355 g/mol. The average Bonchev–Trinajstić information content (AvgIpc) is 3.12. The van der Waals surface area contributed by atoms with E-state index in [2.05, 4.69) is 5.32 Å². The van der Waals surface area contributed by atoms with Crippen LogP contribution in [0.3, 0.4) is 0 Å². The minimum atomic E-state index is -1.82. The number of carbonyl (C=O) groups is 2. The SMILES string of the molecule is COc1ccc(CNC2CCCC2)c(OC)c1OC.O=C(O)C(=O)O. The van der Waals surface area contributed by atoms with Gasteiger partial charge >= 0.3 is 11.9 Å². The molecule has 0 saturated heterocycles. The smallest absolute Gasteiger partial charge is 0.414 e. The summed E-state index contributed by atoms with van der Waals surface area (Å²) < 4.78 is 16.2. The van der Waals surface area contributed by atoms with Gasteiger partial charge in [0.15, 0.2) is 11.5 Å². The molecule has 0 amide bonds. The molecule has 0 spiro atoms. The van der Waals surface area contributed by atoms with E-state index in [-0.39, 0.29) is 0 Å². The van der Waals surface area contributed by atoms with Crippen molar-refractivity contribution in [2.75, 3.05) is 21.3 Å². The van der Waals surface area contributed by atoms with E-state index in [1.807, 2.05) is 12.1 Å². The van der Waals surface area contributed by atoms with Gasteiger partial charge in [-0.05, 0) is 18.9 Å². The fourth-order valence-corrected chi connectivity index (χ4v) is 2.69. The Hall–Kier alpha value is -2.48. The number of methoxy groups -OCH3 is 3. The van der Waals surface area contributed by atoms with Crippen LogP contribution in [-0.4, -0.2) is 49.5 Å². The Morgan fingerprint density at radius 1 is 1.00 bits per heavy atom. The molecule has 1 fully saturated rings. The number of aliphatic carboxylic acids is 2. The lowest BCUT2D eigenvalue weighted by Gasteiger charge is -2.17. The summed E-state index contributed by atoms with van der Waals surface area (Å²) >= 11 is 0. The third-order valence-corrected chi connectivity index (χ3v) is 3.91. The number of ether oxygens (including phenoxy) is 3. The highest BCUT2D eigenvalue weighted by atomic mass is 16.5. The summed E-state index contributed by atoms with van der Waals surface area (Å²) in [6, 6.07) is 4.59. The first-order valence-electron chi connectivity index (χ1n) is 7.92. The molecule has 1 aromatic rings. The van der Waals surface area contributed by atoms with Crippen molar-refractivity contribution in [3.63, 3.8) is 0 Å². The normalized spacial score (nSPS) is 13.6. The molecule has 1 aromatic carbocycles. The molecule has 1 aliphatic carbocycles. The molecule has 1 saturated carbocycles. The van der Waals surface area contributed by atoms with Gasteiger partial charge in [-0.25, -0.2) is 9.59 Å². The van der Waals surface area contributed by atoms with Gasteiger partial charge in [0, 0.05) is 18.2 Å². The van der Waals surface area contributed by atoms with Crippen LogP contribution in [0, 0.1) is 0 Å². The highest BCUT2D eigenvalue weighted by Gasteiger charge is 2.18. The van der Waals surface area contributed by atoms with E-state index < -0.39 is 11.9 Å². The number of rotatable bonds is 6. The minimum Gasteiger partial charge on any atom is -0.493 e. The zero-order valence-electron chi connectivity index (χ0n) is 14.7. The molecular weight excluding hydrogens is 330 g/mol. The maximum atomic E-state index is 9.10. The van der Waals surface area contributed by atoms with Crippen LogP contribution in [-0.2, 0) is 16.1 Å². The van der Waals surface area contributed by atoms with Crippen LogP contribution in [0.15, 0.2) is 12.1 Å². The zero-order chi connectivity index (χ0) is 18.8. The predicted octanol–water partition coefficient (Wildman–Crippen LogP) is 1.90. The molecule has 0 bridgehead atoms. The maximum absolute atomic E-state index is 9.10. The third-order valence-electron chi connectivity index (χ3n) is 3.91. The summed E-state index contributed by atoms with van der Waals surface area (Å²) in [5.41, 5.74) is 1.10. The van der Waals surface area contributed by atoms with Gasteiger partial charge < -0.3 is 29.7 Å². The van der Waals surface area contributed by atoms with Crippen LogP contribution in [0.4, 0.5) is 0 Å². The molecule has 0 heterocycles. The van der Waals surface area contributed by atoms with Gasteiger partial charge in [0.25, 0.3) is 0 Å². The van der Waals surface area contributed by atoms with Crippen LogP contribution in [0.1, 0.15) is 31.2 Å². The molecule has 0 aliphatic heterocycles. The van der Waals surface area contributed by atoms with Crippen LogP contribution in [0.25, 0.3) is 0 Å². The summed E-state index contributed by atoms with van der Waals surface area (Å²) in [5, 5.41) is 18.4. The van der Waals surface area contributed by atoms with Crippen LogP contribution in [0.5, 0.6) is 17.2 Å². The van der Waals surface area contributed by atoms with E-state index in [1.54, 1.807) is 21.3 Å². The molecule has 3 N–H and O–H groups in total. The number of benzene rings is 1. The molecule has 2 rings (SSSR count). The molecule has 0 radical (unpaired) electrons. The van der Waals surface area contributed by atoms with Crippen LogP contribution >= 0.6 is 0 Å². The summed E-state index contributed by atoms with van der Waals surface area (Å²) in [5.74, 6) is -1.53. The number of hydrogen-bond acceptors (Lipinski definition) is 6. The zero-order valence-corrected chi connectivity index (χ0v) is 14.7. The Morgan fingerprint density at radius 3 is 2.00 bits per heavy atom. The van der Waals surface area contributed by atoms with Crippen molar-refractivity contribution in [1.29, 1.82) is 0 Å². The summed E-state index contributed by atoms with van der Waals surface area (Å²) in [7, 11) is 4.93. The van der Waals surface area contributed by atoms with Crippen molar-refractivity contribution in [3.8, 4) is 17.2 Å². The van der Waals surface area contributed by atoms with E-state index >= 15 is 0 Å². The van der Waals surface area contributed by atoms with Crippen molar-refractivity contribution in [2.24, 2.45) is 0 Å². The first kappa shape index (κ1) is 20.6. The Balaban J connectivity index is 0.000000450. The number of carboxylic acids is 2. The topological polar surface area (TPSA) is 114 Å². The second-order valence-electron chi connectivity index (χ2n) is 5.47. The Morgan fingerprint density at radius 2 is 1.56 bits per heavy atom. The van der Waals surface area contributed by atoms with E-state index in [9.17, 15) is 0 Å². The summed E-state index contributed by atoms with van der Waals surface area (Å²) in [6.07, 6.45) is 5.21. The van der Waals surface area contributed by atoms with Gasteiger partial charge in [-0.2, -0.15) is 0 Å². The summed E-state index contributed by atoms with van der Waals surface area (Å²) in [6.45, 7) is 0.800. The first-order chi connectivity index (χ1) is 11.9. The number of hydrogen-bond donors (Lipinski definition) is 3. The predicted molar refractivity (Wildman–Crippen MR) is 90.5 cm³/mol. The highest BCUT2D eigenvalue weighted by Crippen LogP contribution is 2.39. The molecule has 25 heavy (non-hydrogen) atoms. The molecule has 1 aliphatic rings. The lowest BCUT2D eigenvalue weighted by atomic mass is 10.1. The first-order valence-corrected chi connectivity index (χ1v) is 7.92. The lowest BCUT2D eigenvalue weighted by molar-refractivity contribution is -0.159. The fourth-order valence-electron chi connectivity index (χ4n) is 2.69. The average molecular weight is 355 g/mol. The second kappa shape index (κ2) is 10.4. The van der Waals surface area contributed by atoms with E-state index in [4.69, 9.17) is 34.0 Å². The standard InChI is InChI=1S/C15H23NO3.C2H2O4/c1-17-13-9-8-11(14(18-2)15(13)19-3)10-16-12-6-4-5-7-12;3-1(4)2(5)6/h8-9,12,16H,4-7,10H2,1-3H3;(H,3,4)(H,5,6). The van der Waals surface area contributed by atoms with Crippen molar-refractivity contribution in [3.05, 3.63) is 17.7 Å². The van der Waals surface area contributed by atoms with Gasteiger partial charge in [-0.15, -0.1) is 0 Å². The number of nitrogens with one attached hydrogen (secondary N) is 1. The Kier molecular flexibility index (Phi) is 8.55. The summed E-state index contributed by atoms with van der Waals surface area (Å²) in [4.78, 5) is 18.2. The minimum absolute atomic E-state index is 0.637. The van der Waals surface area contributed by atoms with Crippen LogP contribution < -0.4 is 19.5 Å². The Bertz CT molecular complexity index is 571. The Labute approximate surface area is 146 Å². The quantitative estimate of drug-likeness (QED) is 0.663. The molecule has 8 heteroatoms. The van der Waals surface area contributed by atoms with Gasteiger partial charge in [-0.3, -0.25) is 0 Å². The maximum Gasteiger partial charge on any atom is 0.414 e. The van der Waals surface area contributed by atoms with E-state index in [0.717, 1.165) is 17.9 Å². The largest absolute Gasteiger partial charge is 0.493 e. The van der Waals surface area contributed by atoms with Gasteiger partial charge in [0.2, 0.25) is 5.75 Å². The molecule has 140 valence electrons. The molecule has 0 aromatic heterocycles. The molecule has 8 nitrogen and oxygen atoms in total. The van der Waals surface area contributed by atoms with Gasteiger partial charge in [0.1, 0.15) is 0 Å². The highest BCUT2D eigenvalue weighted by molar-refractivity contribution is 6.27. The van der Waals surface area contributed by atoms with Crippen molar-refractivity contribution in [2.45, 2.75) is 38.3 Å². The van der Waals surface area contributed by atoms with E-state index in [0.29, 0.717) is 17.5 Å². The van der Waals surface area contributed by atoms with Crippen molar-refractivity contribution >= 4 is 11.9 Å². The molecule has 0 unspecified atom stereocenters. The fraction of sp³-hybridized carbons (Fsp3) is 0.529.